The first-order valence-corrected chi connectivity index (χ1v) is 12.7. The first-order chi connectivity index (χ1) is 17.0. The zero-order chi connectivity index (χ0) is 26.2. The van der Waals surface area contributed by atoms with Crippen molar-refractivity contribution in [2.45, 2.75) is 37.8 Å². The number of alkyl carbamates (subject to hydrolysis) is 1. The van der Waals surface area contributed by atoms with Gasteiger partial charge in [0, 0.05) is 37.6 Å². The second-order valence-electron chi connectivity index (χ2n) is 8.82. The quantitative estimate of drug-likeness (QED) is 0.375. The summed E-state index contributed by atoms with van der Waals surface area (Å²) >= 11 is 0. The van der Waals surface area contributed by atoms with Crippen molar-refractivity contribution in [2.24, 2.45) is 0 Å². The molecule has 1 heterocycles. The predicted molar refractivity (Wildman–Crippen MR) is 135 cm³/mol. The van der Waals surface area contributed by atoms with Crippen LogP contribution in [0.5, 0.6) is 0 Å². The maximum atomic E-state index is 12.6. The van der Waals surface area contributed by atoms with Crippen molar-refractivity contribution in [3.8, 4) is 11.4 Å². The number of amides is 2. The highest BCUT2D eigenvalue weighted by Crippen LogP contribution is 2.14. The Hall–Kier alpha value is -3.83. The van der Waals surface area contributed by atoms with Crippen LogP contribution in [0.1, 0.15) is 36.7 Å². The van der Waals surface area contributed by atoms with Crippen molar-refractivity contribution in [2.75, 3.05) is 13.1 Å². The molecule has 0 aliphatic rings. The summed E-state index contributed by atoms with van der Waals surface area (Å²) in [5.74, 6) is 0.132. The van der Waals surface area contributed by atoms with Gasteiger partial charge in [-0.05, 0) is 38.5 Å². The summed E-state index contributed by atoms with van der Waals surface area (Å²) < 4.78 is 32.7. The van der Waals surface area contributed by atoms with Gasteiger partial charge in [-0.2, -0.15) is 0 Å². The van der Waals surface area contributed by atoms with E-state index in [9.17, 15) is 18.0 Å². The van der Waals surface area contributed by atoms with E-state index in [1.165, 1.54) is 24.5 Å². The lowest BCUT2D eigenvalue weighted by Gasteiger charge is -2.19. The fraction of sp³-hybridized carbons (Fsp3) is 0.280. The minimum atomic E-state index is -3.81. The molecule has 0 fully saturated rings. The van der Waals surface area contributed by atoms with Crippen molar-refractivity contribution < 1.29 is 22.7 Å². The molecule has 2 amide bonds. The molecular weight excluding hydrogens is 482 g/mol. The van der Waals surface area contributed by atoms with E-state index in [2.05, 4.69) is 25.3 Å². The summed E-state index contributed by atoms with van der Waals surface area (Å²) in [7, 11) is -3.81. The van der Waals surface area contributed by atoms with Gasteiger partial charge in [-0.15, -0.1) is 0 Å². The van der Waals surface area contributed by atoms with Crippen LogP contribution in [-0.2, 0) is 21.3 Å². The maximum Gasteiger partial charge on any atom is 0.407 e. The number of hydrogen-bond donors (Lipinski definition) is 3. The second kappa shape index (κ2) is 11.7. The molecule has 2 aromatic carbocycles. The van der Waals surface area contributed by atoms with Crippen LogP contribution >= 0.6 is 0 Å². The molecule has 10 nitrogen and oxygen atoms in total. The fourth-order valence-corrected chi connectivity index (χ4v) is 4.14. The van der Waals surface area contributed by atoms with E-state index in [0.717, 1.165) is 5.56 Å². The van der Waals surface area contributed by atoms with Gasteiger partial charge >= 0.3 is 6.09 Å². The van der Waals surface area contributed by atoms with Gasteiger partial charge in [-0.1, -0.05) is 42.5 Å². The molecule has 0 aliphatic heterocycles. The Bertz CT molecular complexity index is 1290. The summed E-state index contributed by atoms with van der Waals surface area (Å²) in [4.78, 5) is 32.7. The largest absolute Gasteiger partial charge is 0.444 e. The molecule has 0 aliphatic carbocycles. The number of aromatic nitrogens is 2. The third-order valence-electron chi connectivity index (χ3n) is 4.69. The van der Waals surface area contributed by atoms with Crippen molar-refractivity contribution in [3.05, 3.63) is 78.1 Å². The SMILES string of the molecule is CC(C)(C)OC(=O)NCCNS(=O)(=O)c1cccc(CNC(=O)c2cnc(-c3ccccc3)nc2)c1. The van der Waals surface area contributed by atoms with E-state index >= 15 is 0 Å². The summed E-state index contributed by atoms with van der Waals surface area (Å²) in [6, 6.07) is 15.6. The van der Waals surface area contributed by atoms with Gasteiger partial charge in [0.25, 0.3) is 5.91 Å². The van der Waals surface area contributed by atoms with Gasteiger partial charge in [0.05, 0.1) is 10.5 Å². The average molecular weight is 512 g/mol. The first-order valence-electron chi connectivity index (χ1n) is 11.2. The lowest BCUT2D eigenvalue weighted by Crippen LogP contribution is -2.37. The highest BCUT2D eigenvalue weighted by atomic mass is 32.2. The molecule has 190 valence electrons. The summed E-state index contributed by atoms with van der Waals surface area (Å²) in [6.07, 6.45) is 2.27. The molecule has 36 heavy (non-hydrogen) atoms. The van der Waals surface area contributed by atoms with E-state index in [-0.39, 0.29) is 36.0 Å². The third kappa shape index (κ3) is 8.14. The molecule has 0 atom stereocenters. The lowest BCUT2D eigenvalue weighted by molar-refractivity contribution is 0.0528. The predicted octanol–water partition coefficient (Wildman–Crippen LogP) is 2.88. The van der Waals surface area contributed by atoms with Crippen LogP contribution in [0.2, 0.25) is 0 Å². The monoisotopic (exact) mass is 511 g/mol. The Balaban J connectivity index is 1.52. The summed E-state index contributed by atoms with van der Waals surface area (Å²) in [6.45, 7) is 5.37. The first kappa shape index (κ1) is 26.8. The van der Waals surface area contributed by atoms with Gasteiger partial charge in [0.15, 0.2) is 5.82 Å². The lowest BCUT2D eigenvalue weighted by atomic mass is 10.2. The van der Waals surface area contributed by atoms with Crippen molar-refractivity contribution >= 4 is 22.0 Å². The maximum absolute atomic E-state index is 12.6. The number of carbonyl (C=O) groups excluding carboxylic acids is 2. The molecule has 0 saturated heterocycles. The minimum absolute atomic E-state index is 0.0124. The molecule has 0 spiro atoms. The number of ether oxygens (including phenoxy) is 1. The van der Waals surface area contributed by atoms with Crippen LogP contribution in [-0.4, -0.2) is 49.1 Å². The van der Waals surface area contributed by atoms with Gasteiger partial charge in [-0.25, -0.2) is 27.9 Å². The van der Waals surface area contributed by atoms with Crippen LogP contribution in [0, 0.1) is 0 Å². The van der Waals surface area contributed by atoms with E-state index in [1.807, 2.05) is 30.3 Å². The standard InChI is InChI=1S/C25H29N5O5S/c1-25(2,3)35-24(32)26-12-13-30-36(33,34)21-11-7-8-18(14-21)15-29-23(31)20-16-27-22(28-17-20)19-9-5-4-6-10-19/h4-11,14,16-17,30H,12-13,15H2,1-3H3,(H,26,32)(H,29,31). The van der Waals surface area contributed by atoms with E-state index in [1.54, 1.807) is 32.9 Å². The van der Waals surface area contributed by atoms with Gasteiger partial charge < -0.3 is 15.4 Å². The highest BCUT2D eigenvalue weighted by molar-refractivity contribution is 7.89. The van der Waals surface area contributed by atoms with E-state index < -0.39 is 21.7 Å². The van der Waals surface area contributed by atoms with Crippen LogP contribution in [0.25, 0.3) is 11.4 Å². The molecule has 3 aromatic rings. The fourth-order valence-electron chi connectivity index (χ4n) is 3.04. The topological polar surface area (TPSA) is 139 Å². The minimum Gasteiger partial charge on any atom is -0.444 e. The van der Waals surface area contributed by atoms with E-state index in [0.29, 0.717) is 11.4 Å². The van der Waals surface area contributed by atoms with Crippen LogP contribution < -0.4 is 15.4 Å². The second-order valence-corrected chi connectivity index (χ2v) is 10.6. The van der Waals surface area contributed by atoms with Crippen LogP contribution in [0.4, 0.5) is 4.79 Å². The Kier molecular flexibility index (Phi) is 8.73. The molecule has 0 radical (unpaired) electrons. The van der Waals surface area contributed by atoms with Crippen LogP contribution in [0.15, 0.2) is 71.9 Å². The third-order valence-corrected chi connectivity index (χ3v) is 6.15. The molecule has 0 saturated carbocycles. The van der Waals surface area contributed by atoms with Crippen LogP contribution in [0.3, 0.4) is 0 Å². The van der Waals surface area contributed by atoms with Crippen molar-refractivity contribution in [1.29, 1.82) is 0 Å². The number of nitrogens with zero attached hydrogens (tertiary/aromatic N) is 2. The van der Waals surface area contributed by atoms with Gasteiger partial charge in [-0.3, -0.25) is 4.79 Å². The molecule has 3 N–H and O–H groups in total. The zero-order valence-corrected chi connectivity index (χ0v) is 21.1. The molecule has 3 rings (SSSR count). The summed E-state index contributed by atoms with van der Waals surface area (Å²) in [5.41, 5.74) is 1.09. The Labute approximate surface area is 210 Å². The Morgan fingerprint density at radius 3 is 2.28 bits per heavy atom. The molecule has 0 unspecified atom stereocenters. The smallest absolute Gasteiger partial charge is 0.407 e. The average Bonchev–Trinajstić information content (AvgIpc) is 2.85. The van der Waals surface area contributed by atoms with Gasteiger partial charge in [0.1, 0.15) is 5.60 Å². The number of rotatable bonds is 9. The van der Waals surface area contributed by atoms with Crippen molar-refractivity contribution in [3.63, 3.8) is 0 Å². The Morgan fingerprint density at radius 1 is 0.917 bits per heavy atom. The molecule has 11 heteroatoms. The zero-order valence-electron chi connectivity index (χ0n) is 20.3. The number of sulfonamides is 1. The van der Waals surface area contributed by atoms with Crippen molar-refractivity contribution in [1.82, 2.24) is 25.3 Å². The molecule has 1 aromatic heterocycles. The van der Waals surface area contributed by atoms with E-state index in [4.69, 9.17) is 4.74 Å². The van der Waals surface area contributed by atoms with Gasteiger partial charge in [0.2, 0.25) is 10.0 Å². The number of hydrogen-bond acceptors (Lipinski definition) is 7. The number of carbonyl (C=O) groups is 2. The normalized spacial score (nSPS) is 11.5. The summed E-state index contributed by atoms with van der Waals surface area (Å²) in [5, 5.41) is 5.23. The highest BCUT2D eigenvalue weighted by Gasteiger charge is 2.17. The molecular formula is C25H29N5O5S. The number of benzene rings is 2. The molecule has 0 bridgehead atoms. The number of nitrogens with one attached hydrogen (secondary N) is 3. The Morgan fingerprint density at radius 2 is 1.61 bits per heavy atom.